The van der Waals surface area contributed by atoms with Gasteiger partial charge in [0, 0.05) is 29.7 Å². The van der Waals surface area contributed by atoms with Crippen molar-refractivity contribution < 1.29 is 28.1 Å². The number of aliphatic hydroxyl groups excluding tert-OH is 1. The number of hydrogen-bond acceptors (Lipinski definition) is 5. The molecule has 1 unspecified atom stereocenters. The van der Waals surface area contributed by atoms with Gasteiger partial charge in [-0.1, -0.05) is 0 Å². The Hall–Kier alpha value is -2.93. The van der Waals surface area contributed by atoms with Gasteiger partial charge in [-0.2, -0.15) is 0 Å². The molecule has 2 N–H and O–H groups in total. The van der Waals surface area contributed by atoms with Crippen molar-refractivity contribution in [2.45, 2.75) is 32.0 Å². The first-order valence-electron chi connectivity index (χ1n) is 8.32. The van der Waals surface area contributed by atoms with Crippen molar-refractivity contribution in [1.82, 2.24) is 0 Å². The zero-order valence-electron chi connectivity index (χ0n) is 14.5. The van der Waals surface area contributed by atoms with E-state index in [-0.39, 0.29) is 45.6 Å². The molecule has 4 rings (SSSR count). The predicted molar refractivity (Wildman–Crippen MR) is 93.9 cm³/mol. The molecule has 1 aliphatic rings. The molecule has 1 aromatic heterocycles. The molecule has 7 heteroatoms. The fourth-order valence-corrected chi connectivity index (χ4v) is 3.25. The van der Waals surface area contributed by atoms with Crippen molar-refractivity contribution in [3.63, 3.8) is 0 Å². The quantitative estimate of drug-likeness (QED) is 0.681. The summed E-state index contributed by atoms with van der Waals surface area (Å²) >= 11 is 0. The third-order valence-corrected chi connectivity index (χ3v) is 4.89. The third-order valence-electron chi connectivity index (χ3n) is 4.89. The second-order valence-corrected chi connectivity index (χ2v) is 7.10. The number of benzene rings is 2. The van der Waals surface area contributed by atoms with Crippen LogP contribution in [0.25, 0.3) is 22.1 Å². The van der Waals surface area contributed by atoms with Crippen LogP contribution in [-0.4, -0.2) is 21.9 Å². The molecule has 140 valence electrons. The molecule has 0 saturated carbocycles. The molecule has 0 saturated heterocycles. The number of phenols is 1. The summed E-state index contributed by atoms with van der Waals surface area (Å²) in [6, 6.07) is 4.14. The minimum absolute atomic E-state index is 0.0315. The fraction of sp³-hybridized carbons (Fsp3) is 0.250. The van der Waals surface area contributed by atoms with Crippen molar-refractivity contribution in [2.24, 2.45) is 0 Å². The average Bonchev–Trinajstić information content (AvgIpc) is 2.57. The third kappa shape index (κ3) is 2.66. The monoisotopic (exact) mass is 374 g/mol. The first kappa shape index (κ1) is 17.5. The maximum Gasteiger partial charge on any atom is 0.204 e. The Morgan fingerprint density at radius 1 is 1.19 bits per heavy atom. The molecule has 1 atom stereocenters. The lowest BCUT2D eigenvalue weighted by molar-refractivity contribution is -0.0406. The zero-order valence-corrected chi connectivity index (χ0v) is 14.5. The molecule has 0 amide bonds. The van der Waals surface area contributed by atoms with E-state index in [1.807, 2.05) is 0 Å². The van der Waals surface area contributed by atoms with E-state index < -0.39 is 28.8 Å². The zero-order chi connectivity index (χ0) is 19.5. The van der Waals surface area contributed by atoms with Crippen LogP contribution in [0.15, 0.2) is 39.7 Å². The molecule has 27 heavy (non-hydrogen) atoms. The van der Waals surface area contributed by atoms with E-state index in [0.717, 1.165) is 18.4 Å². The standard InChI is InChI=1S/C20H16F2O5/c1-20(2)16(24)6-11-14(23)7-15-17(19(11)27-20)18(25)12(8-26-15)10-4-3-9(21)5-13(10)22/h3-5,7-8,16,23-24H,6H2,1-2H3. The largest absolute Gasteiger partial charge is 0.507 e. The lowest BCUT2D eigenvalue weighted by Crippen LogP contribution is -2.46. The van der Waals surface area contributed by atoms with Crippen molar-refractivity contribution in [1.29, 1.82) is 0 Å². The second-order valence-electron chi connectivity index (χ2n) is 7.10. The van der Waals surface area contributed by atoms with Crippen molar-refractivity contribution >= 4 is 11.0 Å². The predicted octanol–water partition coefficient (Wildman–Crippen LogP) is 3.52. The Morgan fingerprint density at radius 2 is 1.93 bits per heavy atom. The van der Waals surface area contributed by atoms with Crippen molar-refractivity contribution in [3.8, 4) is 22.6 Å². The lowest BCUT2D eigenvalue weighted by Gasteiger charge is -2.37. The van der Waals surface area contributed by atoms with Gasteiger partial charge in [-0.3, -0.25) is 4.79 Å². The fourth-order valence-electron chi connectivity index (χ4n) is 3.25. The first-order valence-corrected chi connectivity index (χ1v) is 8.32. The Balaban J connectivity index is 2.04. The van der Waals surface area contributed by atoms with Crippen LogP contribution in [0.4, 0.5) is 8.78 Å². The van der Waals surface area contributed by atoms with Gasteiger partial charge in [0.1, 0.15) is 46.0 Å². The summed E-state index contributed by atoms with van der Waals surface area (Å²) < 4.78 is 38.6. The summed E-state index contributed by atoms with van der Waals surface area (Å²) in [4.78, 5) is 13.1. The highest BCUT2D eigenvalue weighted by atomic mass is 19.1. The summed E-state index contributed by atoms with van der Waals surface area (Å²) in [6.07, 6.45) is 0.257. The van der Waals surface area contributed by atoms with E-state index in [1.54, 1.807) is 13.8 Å². The smallest absolute Gasteiger partial charge is 0.204 e. The maximum atomic E-state index is 14.2. The molecule has 0 radical (unpaired) electrons. The number of ether oxygens (including phenoxy) is 1. The van der Waals surface area contributed by atoms with Crippen LogP contribution in [0.2, 0.25) is 0 Å². The van der Waals surface area contributed by atoms with Crippen LogP contribution in [0.1, 0.15) is 19.4 Å². The molecule has 3 aromatic rings. The number of fused-ring (bicyclic) bond motifs is 3. The highest BCUT2D eigenvalue weighted by Gasteiger charge is 2.38. The number of halogens is 2. The van der Waals surface area contributed by atoms with E-state index in [2.05, 4.69) is 0 Å². The van der Waals surface area contributed by atoms with Gasteiger partial charge in [0.25, 0.3) is 0 Å². The molecule has 0 aliphatic carbocycles. The number of phenolic OH excluding ortho intramolecular Hbond substituents is 1. The summed E-state index contributed by atoms with van der Waals surface area (Å²) in [5, 5.41) is 20.5. The molecule has 0 fully saturated rings. The maximum absolute atomic E-state index is 14.2. The van der Waals surface area contributed by atoms with E-state index >= 15 is 0 Å². The minimum Gasteiger partial charge on any atom is -0.507 e. The minimum atomic E-state index is -1.00. The molecular weight excluding hydrogens is 358 g/mol. The molecule has 1 aliphatic heterocycles. The Morgan fingerprint density at radius 3 is 2.63 bits per heavy atom. The number of hydrogen-bond donors (Lipinski definition) is 2. The summed E-state index contributed by atoms with van der Waals surface area (Å²) in [5.41, 5.74) is -1.44. The van der Waals surface area contributed by atoms with Crippen molar-refractivity contribution in [3.05, 3.63) is 57.9 Å². The highest BCUT2D eigenvalue weighted by Crippen LogP contribution is 2.43. The van der Waals surface area contributed by atoms with Gasteiger partial charge in [-0.15, -0.1) is 0 Å². The molecule has 0 spiro atoms. The van der Waals surface area contributed by atoms with E-state index in [9.17, 15) is 23.8 Å². The van der Waals surface area contributed by atoms with E-state index in [1.165, 1.54) is 6.07 Å². The van der Waals surface area contributed by atoms with Crippen molar-refractivity contribution in [2.75, 3.05) is 0 Å². The van der Waals surface area contributed by atoms with Crippen LogP contribution in [0, 0.1) is 11.6 Å². The van der Waals surface area contributed by atoms with Gasteiger partial charge in [0.2, 0.25) is 5.43 Å². The van der Waals surface area contributed by atoms with Gasteiger partial charge in [-0.05, 0) is 26.0 Å². The van der Waals surface area contributed by atoms with Crippen LogP contribution in [0.3, 0.4) is 0 Å². The molecule has 5 nitrogen and oxygen atoms in total. The summed E-state index contributed by atoms with van der Waals surface area (Å²) in [5.74, 6) is -1.73. The van der Waals surface area contributed by atoms with E-state index in [4.69, 9.17) is 9.15 Å². The first-order chi connectivity index (χ1) is 12.7. The van der Waals surface area contributed by atoms with Crippen LogP contribution >= 0.6 is 0 Å². The molecular formula is C20H16F2O5. The van der Waals surface area contributed by atoms with Gasteiger partial charge in [0.15, 0.2) is 0 Å². The molecule has 2 heterocycles. The second kappa shape index (κ2) is 5.79. The SMILES string of the molecule is CC1(C)Oc2c(c(O)cc3occ(-c4ccc(F)cc4F)c(=O)c23)CC1O. The van der Waals surface area contributed by atoms with Crippen LogP contribution in [0.5, 0.6) is 11.5 Å². The average molecular weight is 374 g/mol. The lowest BCUT2D eigenvalue weighted by atomic mass is 9.89. The van der Waals surface area contributed by atoms with Crippen LogP contribution in [-0.2, 0) is 6.42 Å². The topological polar surface area (TPSA) is 79.9 Å². The van der Waals surface area contributed by atoms with Gasteiger partial charge in [-0.25, -0.2) is 8.78 Å². The highest BCUT2D eigenvalue weighted by molar-refractivity contribution is 5.90. The number of aromatic hydroxyl groups is 1. The van der Waals surface area contributed by atoms with Gasteiger partial charge < -0.3 is 19.4 Å². The Kier molecular flexibility index (Phi) is 3.75. The van der Waals surface area contributed by atoms with E-state index in [0.29, 0.717) is 6.07 Å². The summed E-state index contributed by atoms with van der Waals surface area (Å²) in [6.45, 7) is 3.31. The van der Waals surface area contributed by atoms with Gasteiger partial charge >= 0.3 is 0 Å². The normalized spacial score (nSPS) is 18.2. The number of rotatable bonds is 1. The number of aliphatic hydroxyl groups is 1. The summed E-state index contributed by atoms with van der Waals surface area (Å²) in [7, 11) is 0. The molecule has 0 bridgehead atoms. The Labute approximate surface area is 152 Å². The van der Waals surface area contributed by atoms with Gasteiger partial charge in [0.05, 0.1) is 11.7 Å². The molecule has 2 aromatic carbocycles. The Bertz CT molecular complexity index is 1130. The van der Waals surface area contributed by atoms with Crippen LogP contribution < -0.4 is 10.2 Å².